The maximum absolute atomic E-state index is 12.9. The summed E-state index contributed by atoms with van der Waals surface area (Å²) in [7, 11) is 0. The molecule has 2 heteroatoms. The molecule has 2 aromatic carbocycles. The van der Waals surface area contributed by atoms with Gasteiger partial charge in [0, 0.05) is 22.3 Å². The van der Waals surface area contributed by atoms with Crippen molar-refractivity contribution in [3.63, 3.8) is 0 Å². The van der Waals surface area contributed by atoms with E-state index in [1.54, 1.807) is 12.1 Å². The first-order chi connectivity index (χ1) is 11.1. The zero-order valence-corrected chi connectivity index (χ0v) is 15.2. The first kappa shape index (κ1) is 18.0. The molecule has 0 aliphatic rings. The van der Waals surface area contributed by atoms with E-state index >= 15 is 0 Å². The molecule has 0 saturated carbocycles. The van der Waals surface area contributed by atoms with Gasteiger partial charge < -0.3 is 5.11 Å². The number of ketones is 1. The van der Waals surface area contributed by atoms with E-state index < -0.39 is 0 Å². The highest BCUT2D eigenvalue weighted by Gasteiger charge is 2.23. The largest absolute Gasteiger partial charge is 0.507 e. The summed E-state index contributed by atoms with van der Waals surface area (Å²) >= 11 is 0. The molecule has 2 aromatic rings. The van der Waals surface area contributed by atoms with Gasteiger partial charge in [0.05, 0.1) is 0 Å². The van der Waals surface area contributed by atoms with Gasteiger partial charge in [-0.15, -0.1) is 0 Å². The van der Waals surface area contributed by atoms with Crippen molar-refractivity contribution in [3.8, 4) is 5.75 Å². The lowest BCUT2D eigenvalue weighted by molar-refractivity contribution is 0.103. The van der Waals surface area contributed by atoms with E-state index in [0.29, 0.717) is 16.7 Å². The monoisotopic (exact) mass is 322 g/mol. The second-order valence-electron chi connectivity index (χ2n) is 7.33. The molecule has 126 valence electrons. The van der Waals surface area contributed by atoms with E-state index in [1.807, 2.05) is 52.0 Å². The molecular formula is C22H26O2. The number of aryl methyl sites for hydroxylation is 1. The summed E-state index contributed by atoms with van der Waals surface area (Å²) in [5.74, 6) is 0.179. The number of phenols is 1. The number of hydrogen-bond acceptors (Lipinski definition) is 2. The average Bonchev–Trinajstić information content (AvgIpc) is 2.53. The van der Waals surface area contributed by atoms with Crippen LogP contribution < -0.4 is 0 Å². The van der Waals surface area contributed by atoms with Gasteiger partial charge >= 0.3 is 0 Å². The Balaban J connectivity index is 2.58. The normalized spacial score (nSPS) is 11.4. The van der Waals surface area contributed by atoms with Gasteiger partial charge in [0.25, 0.3) is 0 Å². The molecule has 2 nitrogen and oxygen atoms in total. The molecule has 0 bridgehead atoms. The van der Waals surface area contributed by atoms with Gasteiger partial charge in [-0.3, -0.25) is 4.79 Å². The summed E-state index contributed by atoms with van der Waals surface area (Å²) in [6.07, 6.45) is 0.946. The Hall–Kier alpha value is -2.35. The number of hydrogen-bond donors (Lipinski definition) is 1. The van der Waals surface area contributed by atoms with Crippen LogP contribution in [0.25, 0.3) is 5.57 Å². The van der Waals surface area contributed by atoms with Crippen LogP contribution in [0.5, 0.6) is 5.75 Å². The van der Waals surface area contributed by atoms with Crippen LogP contribution in [0, 0.1) is 0 Å². The lowest BCUT2D eigenvalue weighted by Gasteiger charge is -2.23. The summed E-state index contributed by atoms with van der Waals surface area (Å²) in [6, 6.07) is 11.2. The van der Waals surface area contributed by atoms with Crippen molar-refractivity contribution in [2.45, 2.75) is 46.5 Å². The number of phenolic OH excluding ortho intramolecular Hbond substituents is 1. The highest BCUT2D eigenvalue weighted by molar-refractivity contribution is 6.09. The van der Waals surface area contributed by atoms with Crippen LogP contribution in [-0.4, -0.2) is 10.9 Å². The van der Waals surface area contributed by atoms with Gasteiger partial charge in [0.2, 0.25) is 0 Å². The fraction of sp³-hybridized carbons (Fsp3) is 0.318. The van der Waals surface area contributed by atoms with E-state index in [-0.39, 0.29) is 16.9 Å². The average molecular weight is 322 g/mol. The standard InChI is InChI=1S/C22H26O2/c1-7-15-8-10-16(11-9-15)20(23)17-12-18(14(2)3)21(24)19(13-17)22(4,5)6/h8-13,24H,2,7H2,1,3-6H3. The molecule has 0 aliphatic carbocycles. The second-order valence-corrected chi connectivity index (χ2v) is 7.33. The molecule has 0 atom stereocenters. The molecule has 0 heterocycles. The van der Waals surface area contributed by atoms with Crippen LogP contribution in [-0.2, 0) is 11.8 Å². The van der Waals surface area contributed by atoms with Crippen molar-refractivity contribution in [1.29, 1.82) is 0 Å². The number of carbonyl (C=O) groups is 1. The van der Waals surface area contributed by atoms with Crippen LogP contribution in [0.2, 0.25) is 0 Å². The smallest absolute Gasteiger partial charge is 0.193 e. The number of rotatable bonds is 4. The fourth-order valence-corrected chi connectivity index (χ4v) is 2.72. The Morgan fingerprint density at radius 1 is 1.08 bits per heavy atom. The molecule has 24 heavy (non-hydrogen) atoms. The van der Waals surface area contributed by atoms with Crippen LogP contribution in [0.3, 0.4) is 0 Å². The van der Waals surface area contributed by atoms with Crippen LogP contribution in [0.4, 0.5) is 0 Å². The van der Waals surface area contributed by atoms with Gasteiger partial charge in [-0.1, -0.05) is 58.5 Å². The Kier molecular flexibility index (Phi) is 4.98. The van der Waals surface area contributed by atoms with E-state index in [9.17, 15) is 9.90 Å². The Morgan fingerprint density at radius 3 is 2.12 bits per heavy atom. The topological polar surface area (TPSA) is 37.3 Å². The minimum atomic E-state index is -0.267. The lowest BCUT2D eigenvalue weighted by atomic mass is 9.82. The first-order valence-corrected chi connectivity index (χ1v) is 8.32. The molecule has 0 amide bonds. The predicted octanol–water partition coefficient (Wildman–Crippen LogP) is 5.52. The lowest BCUT2D eigenvalue weighted by Crippen LogP contribution is -2.14. The van der Waals surface area contributed by atoms with Gasteiger partial charge in [0.1, 0.15) is 5.75 Å². The highest BCUT2D eigenvalue weighted by atomic mass is 16.3. The van der Waals surface area contributed by atoms with Crippen molar-refractivity contribution in [3.05, 3.63) is 70.8 Å². The first-order valence-electron chi connectivity index (χ1n) is 8.32. The third-order valence-corrected chi connectivity index (χ3v) is 4.26. The molecule has 0 fully saturated rings. The molecule has 0 aromatic heterocycles. The van der Waals surface area contributed by atoms with Gasteiger partial charge in [-0.2, -0.15) is 0 Å². The van der Waals surface area contributed by atoms with Crippen LogP contribution in [0.1, 0.15) is 67.2 Å². The summed E-state index contributed by atoms with van der Waals surface area (Å²) < 4.78 is 0. The predicted molar refractivity (Wildman–Crippen MR) is 101 cm³/mol. The van der Waals surface area contributed by atoms with Gasteiger partial charge in [0.15, 0.2) is 5.78 Å². The Morgan fingerprint density at radius 2 is 1.67 bits per heavy atom. The van der Waals surface area contributed by atoms with E-state index in [2.05, 4.69) is 13.5 Å². The molecule has 0 saturated heterocycles. The Bertz CT molecular complexity index is 775. The van der Waals surface area contributed by atoms with Crippen molar-refractivity contribution < 1.29 is 9.90 Å². The van der Waals surface area contributed by atoms with E-state index in [1.165, 1.54) is 5.56 Å². The van der Waals surface area contributed by atoms with Gasteiger partial charge in [-0.25, -0.2) is 0 Å². The zero-order chi connectivity index (χ0) is 18.1. The van der Waals surface area contributed by atoms with Crippen molar-refractivity contribution in [1.82, 2.24) is 0 Å². The quantitative estimate of drug-likeness (QED) is 0.753. The number of benzene rings is 2. The highest BCUT2D eigenvalue weighted by Crippen LogP contribution is 2.37. The molecule has 0 unspecified atom stereocenters. The van der Waals surface area contributed by atoms with Crippen molar-refractivity contribution >= 4 is 11.4 Å². The molecule has 2 rings (SSSR count). The van der Waals surface area contributed by atoms with Crippen LogP contribution in [0.15, 0.2) is 43.0 Å². The summed E-state index contributed by atoms with van der Waals surface area (Å²) in [6.45, 7) is 13.9. The maximum atomic E-state index is 12.9. The Labute approximate surface area is 144 Å². The second kappa shape index (κ2) is 6.64. The minimum absolute atomic E-state index is 0.0364. The summed E-state index contributed by atoms with van der Waals surface area (Å²) in [5, 5.41) is 10.6. The number of allylic oxidation sites excluding steroid dienone is 1. The maximum Gasteiger partial charge on any atom is 0.193 e. The van der Waals surface area contributed by atoms with Crippen molar-refractivity contribution in [2.75, 3.05) is 0 Å². The SMILES string of the molecule is C=C(C)c1cc(C(=O)c2ccc(CC)cc2)cc(C(C)(C)C)c1O. The van der Waals surface area contributed by atoms with Crippen molar-refractivity contribution in [2.24, 2.45) is 0 Å². The van der Waals surface area contributed by atoms with E-state index in [0.717, 1.165) is 17.6 Å². The fourth-order valence-electron chi connectivity index (χ4n) is 2.72. The van der Waals surface area contributed by atoms with E-state index in [4.69, 9.17) is 0 Å². The summed E-state index contributed by atoms with van der Waals surface area (Å²) in [5.41, 5.74) is 4.32. The molecule has 1 N–H and O–H groups in total. The van der Waals surface area contributed by atoms with Gasteiger partial charge in [-0.05, 0) is 42.0 Å². The number of aromatic hydroxyl groups is 1. The molecule has 0 spiro atoms. The molecular weight excluding hydrogens is 296 g/mol. The molecule has 0 aliphatic heterocycles. The van der Waals surface area contributed by atoms with Crippen LogP contribution >= 0.6 is 0 Å². The summed E-state index contributed by atoms with van der Waals surface area (Å²) in [4.78, 5) is 12.9. The zero-order valence-electron chi connectivity index (χ0n) is 15.2. The molecule has 0 radical (unpaired) electrons. The minimum Gasteiger partial charge on any atom is -0.507 e. The number of carbonyl (C=O) groups excluding carboxylic acids is 1. The third kappa shape index (κ3) is 3.59. The third-order valence-electron chi connectivity index (χ3n) is 4.26.